The van der Waals surface area contributed by atoms with Crippen molar-refractivity contribution in [1.82, 2.24) is 4.90 Å². The molecule has 4 rings (SSSR count). The van der Waals surface area contributed by atoms with Gasteiger partial charge >= 0.3 is 0 Å². The summed E-state index contributed by atoms with van der Waals surface area (Å²) in [5.41, 5.74) is 1.80. The number of hydrogen-bond donors (Lipinski definition) is 1. The smallest absolute Gasteiger partial charge is 0.237 e. The van der Waals surface area contributed by atoms with Gasteiger partial charge in [0.15, 0.2) is 0 Å². The zero-order valence-electron chi connectivity index (χ0n) is 15.8. The van der Waals surface area contributed by atoms with Gasteiger partial charge in [-0.15, -0.1) is 0 Å². The number of carbonyl (C=O) groups is 2. The highest BCUT2D eigenvalue weighted by molar-refractivity contribution is 6.32. The number of fused-ring (bicyclic) bond motifs is 2. The quantitative estimate of drug-likeness (QED) is 0.856. The molecule has 146 valence electrons. The fourth-order valence-corrected chi connectivity index (χ4v) is 4.33. The van der Waals surface area contributed by atoms with Crippen molar-refractivity contribution in [3.63, 3.8) is 0 Å². The molecule has 6 nitrogen and oxygen atoms in total. The fourth-order valence-electron chi connectivity index (χ4n) is 4.05. The zero-order chi connectivity index (χ0) is 19.9. The van der Waals surface area contributed by atoms with Crippen LogP contribution in [0.4, 0.5) is 5.69 Å². The Kier molecular flexibility index (Phi) is 4.67. The number of likely N-dealkylation sites (tertiary alicyclic amines) is 1. The lowest BCUT2D eigenvalue weighted by atomic mass is 9.81. The summed E-state index contributed by atoms with van der Waals surface area (Å²) in [5, 5.41) is 3.42. The van der Waals surface area contributed by atoms with E-state index in [2.05, 4.69) is 5.32 Å². The monoisotopic (exact) mass is 400 g/mol. The van der Waals surface area contributed by atoms with Crippen LogP contribution in [0.3, 0.4) is 0 Å². The number of carbonyl (C=O) groups excluding carboxylic acids is 2. The lowest BCUT2D eigenvalue weighted by molar-refractivity contribution is -0.129. The molecular formula is C21H21ClN2O4. The number of halogens is 1. The Balaban J connectivity index is 1.54. The second-order valence-electron chi connectivity index (χ2n) is 7.16. The van der Waals surface area contributed by atoms with E-state index in [0.29, 0.717) is 36.0 Å². The van der Waals surface area contributed by atoms with E-state index in [-0.39, 0.29) is 18.2 Å². The van der Waals surface area contributed by atoms with Crippen molar-refractivity contribution in [3.8, 4) is 11.5 Å². The summed E-state index contributed by atoms with van der Waals surface area (Å²) in [6.07, 6.45) is 0.820. The molecule has 1 atom stereocenters. The van der Waals surface area contributed by atoms with Gasteiger partial charge in [0.25, 0.3) is 0 Å². The largest absolute Gasteiger partial charge is 0.497 e. The standard InChI is InChI=1S/C21H21ClN2O4/c1-27-14-4-5-17-15(11-14)21(20(26)23-17)7-8-24(12-21)19(25)10-13-3-6-18(28-2)16(22)9-13/h3-6,9,11H,7-8,10,12H2,1-2H3,(H,23,26)/t21-/m0/s1. The van der Waals surface area contributed by atoms with E-state index in [1.165, 1.54) is 0 Å². The van der Waals surface area contributed by atoms with Crippen LogP contribution in [0.5, 0.6) is 11.5 Å². The molecule has 2 aromatic rings. The first-order valence-electron chi connectivity index (χ1n) is 9.07. The first-order chi connectivity index (χ1) is 13.5. The molecule has 2 amide bonds. The SMILES string of the molecule is COc1ccc2c(c1)[C@@]1(CCN(C(=O)Cc3ccc(OC)c(Cl)c3)C1)C(=O)N2. The molecule has 0 aliphatic carbocycles. The van der Waals surface area contributed by atoms with Crippen LogP contribution in [0.2, 0.25) is 5.02 Å². The summed E-state index contributed by atoms with van der Waals surface area (Å²) < 4.78 is 10.5. The van der Waals surface area contributed by atoms with Gasteiger partial charge in [0.05, 0.1) is 31.1 Å². The lowest BCUT2D eigenvalue weighted by Crippen LogP contribution is -2.39. The van der Waals surface area contributed by atoms with Gasteiger partial charge in [0.2, 0.25) is 11.8 Å². The van der Waals surface area contributed by atoms with Crippen LogP contribution in [0.25, 0.3) is 0 Å². The third-order valence-corrected chi connectivity index (χ3v) is 5.91. The van der Waals surface area contributed by atoms with E-state index in [4.69, 9.17) is 21.1 Å². The van der Waals surface area contributed by atoms with Crippen molar-refractivity contribution < 1.29 is 19.1 Å². The lowest BCUT2D eigenvalue weighted by Gasteiger charge is -2.23. The van der Waals surface area contributed by atoms with E-state index in [0.717, 1.165) is 16.8 Å². The number of hydrogen-bond acceptors (Lipinski definition) is 4. The third-order valence-electron chi connectivity index (χ3n) is 5.62. The molecule has 0 aromatic heterocycles. The predicted molar refractivity (Wildman–Crippen MR) is 106 cm³/mol. The Morgan fingerprint density at radius 1 is 1.21 bits per heavy atom. The summed E-state index contributed by atoms with van der Waals surface area (Å²) >= 11 is 6.16. The zero-order valence-corrected chi connectivity index (χ0v) is 16.5. The minimum atomic E-state index is -0.711. The molecular weight excluding hydrogens is 380 g/mol. The molecule has 2 heterocycles. The van der Waals surface area contributed by atoms with Crippen LogP contribution in [-0.4, -0.2) is 44.0 Å². The highest BCUT2D eigenvalue weighted by Gasteiger charge is 2.52. The highest BCUT2D eigenvalue weighted by Crippen LogP contribution is 2.45. The molecule has 2 aromatic carbocycles. The Hall–Kier alpha value is -2.73. The van der Waals surface area contributed by atoms with Crippen molar-refractivity contribution in [3.05, 3.63) is 52.5 Å². The number of amides is 2. The van der Waals surface area contributed by atoms with Crippen LogP contribution in [0.1, 0.15) is 17.5 Å². The number of anilines is 1. The summed E-state index contributed by atoms with van der Waals surface area (Å²) in [4.78, 5) is 27.4. The average molecular weight is 401 g/mol. The second-order valence-corrected chi connectivity index (χ2v) is 7.57. The van der Waals surface area contributed by atoms with E-state index >= 15 is 0 Å². The van der Waals surface area contributed by atoms with Gasteiger partial charge in [-0.3, -0.25) is 9.59 Å². The Labute approximate surface area is 168 Å². The molecule has 2 aliphatic heterocycles. The van der Waals surface area contributed by atoms with Gasteiger partial charge in [-0.05, 0) is 47.9 Å². The maximum atomic E-state index is 12.9. The maximum absolute atomic E-state index is 12.9. The molecule has 0 saturated carbocycles. The van der Waals surface area contributed by atoms with Gasteiger partial charge in [0.1, 0.15) is 11.5 Å². The van der Waals surface area contributed by atoms with Crippen LogP contribution in [0, 0.1) is 0 Å². The van der Waals surface area contributed by atoms with E-state index in [9.17, 15) is 9.59 Å². The molecule has 1 saturated heterocycles. The molecule has 28 heavy (non-hydrogen) atoms. The van der Waals surface area contributed by atoms with Gasteiger partial charge in [0, 0.05) is 18.8 Å². The first kappa shape index (κ1) is 18.6. The van der Waals surface area contributed by atoms with Crippen LogP contribution >= 0.6 is 11.6 Å². The molecule has 1 N–H and O–H groups in total. The highest BCUT2D eigenvalue weighted by atomic mass is 35.5. The molecule has 7 heteroatoms. The van der Waals surface area contributed by atoms with Crippen molar-refractivity contribution in [2.75, 3.05) is 32.6 Å². The van der Waals surface area contributed by atoms with Crippen molar-refractivity contribution in [1.29, 1.82) is 0 Å². The Morgan fingerprint density at radius 2 is 2.04 bits per heavy atom. The number of rotatable bonds is 4. The molecule has 0 bridgehead atoms. The average Bonchev–Trinajstić information content (AvgIpc) is 3.25. The van der Waals surface area contributed by atoms with Crippen molar-refractivity contribution >= 4 is 29.1 Å². The molecule has 2 aliphatic rings. The number of nitrogens with zero attached hydrogens (tertiary/aromatic N) is 1. The molecule has 0 unspecified atom stereocenters. The van der Waals surface area contributed by atoms with Gasteiger partial charge in [-0.25, -0.2) is 0 Å². The first-order valence-corrected chi connectivity index (χ1v) is 9.45. The van der Waals surface area contributed by atoms with E-state index in [1.54, 1.807) is 31.3 Å². The Bertz CT molecular complexity index is 961. The molecule has 1 spiro atoms. The van der Waals surface area contributed by atoms with Crippen LogP contribution in [-0.2, 0) is 21.4 Å². The normalized spacial score (nSPS) is 20.2. The van der Waals surface area contributed by atoms with Crippen molar-refractivity contribution in [2.24, 2.45) is 0 Å². The number of nitrogens with one attached hydrogen (secondary N) is 1. The number of benzene rings is 2. The summed E-state index contributed by atoms with van der Waals surface area (Å²) in [6, 6.07) is 10.9. The van der Waals surface area contributed by atoms with Crippen LogP contribution < -0.4 is 14.8 Å². The van der Waals surface area contributed by atoms with Crippen molar-refractivity contribution in [2.45, 2.75) is 18.3 Å². The second kappa shape index (κ2) is 7.02. The summed E-state index contributed by atoms with van der Waals surface area (Å²) in [6.45, 7) is 0.897. The molecule has 0 radical (unpaired) electrons. The van der Waals surface area contributed by atoms with E-state index < -0.39 is 5.41 Å². The predicted octanol–water partition coefficient (Wildman–Crippen LogP) is 3.02. The minimum Gasteiger partial charge on any atom is -0.497 e. The summed E-state index contributed by atoms with van der Waals surface area (Å²) in [7, 11) is 3.15. The third kappa shape index (κ3) is 2.98. The topological polar surface area (TPSA) is 67.9 Å². The van der Waals surface area contributed by atoms with Gasteiger partial charge in [-0.1, -0.05) is 17.7 Å². The van der Waals surface area contributed by atoms with Gasteiger partial charge in [-0.2, -0.15) is 0 Å². The minimum absolute atomic E-state index is 0.0257. The number of methoxy groups -OCH3 is 2. The fraction of sp³-hybridized carbons (Fsp3) is 0.333. The van der Waals surface area contributed by atoms with E-state index in [1.807, 2.05) is 24.3 Å². The van der Waals surface area contributed by atoms with Gasteiger partial charge < -0.3 is 19.7 Å². The Morgan fingerprint density at radius 3 is 2.75 bits per heavy atom. The molecule has 1 fully saturated rings. The summed E-state index contributed by atoms with van der Waals surface area (Å²) in [5.74, 6) is 1.19. The van der Waals surface area contributed by atoms with Crippen LogP contribution in [0.15, 0.2) is 36.4 Å². The number of ether oxygens (including phenoxy) is 2. The maximum Gasteiger partial charge on any atom is 0.237 e.